The van der Waals surface area contributed by atoms with Crippen LogP contribution in [0, 0.1) is 5.92 Å². The highest BCUT2D eigenvalue weighted by atomic mass is 32.2. The first kappa shape index (κ1) is 18.4. The minimum absolute atomic E-state index is 0.0160. The summed E-state index contributed by atoms with van der Waals surface area (Å²) in [7, 11) is 0. The largest absolute Gasteiger partial charge is 0.416 e. The standard InChI is InChI=1S/C18H23N5O2S/c1-12(2)9-10-19-16(24)11-26-18-23-22-17(25-18)8-7-15-20-13-5-3-4-6-14(13)21-15/h3-6,12H,7-11H2,1-2H3,(H,19,24)(H,20,21). The van der Waals surface area contributed by atoms with Crippen molar-refractivity contribution in [2.75, 3.05) is 12.3 Å². The molecule has 7 nitrogen and oxygen atoms in total. The van der Waals surface area contributed by atoms with Crippen molar-refractivity contribution in [3.05, 3.63) is 36.0 Å². The Morgan fingerprint density at radius 3 is 2.92 bits per heavy atom. The van der Waals surface area contributed by atoms with Gasteiger partial charge in [0.05, 0.1) is 16.8 Å². The molecular formula is C18H23N5O2S. The average Bonchev–Trinajstić information content (AvgIpc) is 3.24. The van der Waals surface area contributed by atoms with Crippen LogP contribution in [0.1, 0.15) is 32.0 Å². The Hall–Kier alpha value is -2.35. The van der Waals surface area contributed by atoms with Crippen LogP contribution in [0.2, 0.25) is 0 Å². The van der Waals surface area contributed by atoms with Gasteiger partial charge in [0.25, 0.3) is 5.22 Å². The molecule has 0 aliphatic carbocycles. The number of aromatic amines is 1. The Kier molecular flexibility index (Phi) is 6.27. The Labute approximate surface area is 156 Å². The van der Waals surface area contributed by atoms with Crippen LogP contribution < -0.4 is 5.32 Å². The van der Waals surface area contributed by atoms with Gasteiger partial charge in [-0.15, -0.1) is 10.2 Å². The summed E-state index contributed by atoms with van der Waals surface area (Å²) in [5.41, 5.74) is 1.97. The summed E-state index contributed by atoms with van der Waals surface area (Å²) in [5, 5.41) is 11.3. The van der Waals surface area contributed by atoms with E-state index in [1.165, 1.54) is 11.8 Å². The molecule has 0 unspecified atom stereocenters. The van der Waals surface area contributed by atoms with Crippen LogP contribution in [0.5, 0.6) is 0 Å². The van der Waals surface area contributed by atoms with Crippen molar-refractivity contribution in [2.24, 2.45) is 5.92 Å². The molecule has 2 heterocycles. The molecule has 0 fully saturated rings. The first-order chi connectivity index (χ1) is 12.6. The predicted octanol–water partition coefficient (Wildman–Crippen LogP) is 2.99. The Balaban J connectivity index is 1.43. The van der Waals surface area contributed by atoms with Crippen LogP contribution >= 0.6 is 11.8 Å². The van der Waals surface area contributed by atoms with Crippen LogP contribution in [0.4, 0.5) is 0 Å². The smallest absolute Gasteiger partial charge is 0.277 e. The van der Waals surface area contributed by atoms with Gasteiger partial charge in [-0.3, -0.25) is 4.79 Å². The number of hydrogen-bond donors (Lipinski definition) is 2. The summed E-state index contributed by atoms with van der Waals surface area (Å²) in [6, 6.07) is 7.92. The number of nitrogens with one attached hydrogen (secondary N) is 2. The monoisotopic (exact) mass is 373 g/mol. The number of hydrogen-bond acceptors (Lipinski definition) is 6. The SMILES string of the molecule is CC(C)CCNC(=O)CSc1nnc(CCc2nc3ccccc3[nH]2)o1. The van der Waals surface area contributed by atoms with Crippen LogP contribution in [-0.2, 0) is 17.6 Å². The molecule has 0 saturated heterocycles. The molecule has 0 atom stereocenters. The van der Waals surface area contributed by atoms with E-state index in [1.807, 2.05) is 24.3 Å². The van der Waals surface area contributed by atoms with Gasteiger partial charge in [0.15, 0.2) is 0 Å². The number of benzene rings is 1. The summed E-state index contributed by atoms with van der Waals surface area (Å²) in [5.74, 6) is 2.28. The zero-order valence-corrected chi connectivity index (χ0v) is 15.8. The molecule has 8 heteroatoms. The number of thioether (sulfide) groups is 1. The summed E-state index contributed by atoms with van der Waals surface area (Å²) < 4.78 is 5.59. The second-order valence-corrected chi connectivity index (χ2v) is 7.41. The second kappa shape index (κ2) is 8.84. The van der Waals surface area contributed by atoms with Crippen molar-refractivity contribution >= 4 is 28.7 Å². The van der Waals surface area contributed by atoms with Crippen molar-refractivity contribution in [1.29, 1.82) is 0 Å². The lowest BCUT2D eigenvalue weighted by atomic mass is 10.1. The highest BCUT2D eigenvalue weighted by Gasteiger charge is 2.11. The molecule has 1 amide bonds. The molecule has 2 aromatic heterocycles. The lowest BCUT2D eigenvalue weighted by Crippen LogP contribution is -2.26. The van der Waals surface area contributed by atoms with Gasteiger partial charge in [-0.25, -0.2) is 4.98 Å². The van der Waals surface area contributed by atoms with Gasteiger partial charge in [-0.2, -0.15) is 0 Å². The minimum Gasteiger partial charge on any atom is -0.416 e. The van der Waals surface area contributed by atoms with Crippen molar-refractivity contribution in [2.45, 2.75) is 38.3 Å². The topological polar surface area (TPSA) is 96.7 Å². The van der Waals surface area contributed by atoms with Gasteiger partial charge in [-0.1, -0.05) is 37.7 Å². The number of nitrogens with zero attached hydrogens (tertiary/aromatic N) is 3. The molecule has 3 aromatic rings. The first-order valence-corrected chi connectivity index (χ1v) is 9.74. The third kappa shape index (κ3) is 5.32. The summed E-state index contributed by atoms with van der Waals surface area (Å²) in [6.07, 6.45) is 2.27. The number of carbonyl (C=O) groups excluding carboxylic acids is 1. The van der Waals surface area contributed by atoms with E-state index in [0.717, 1.165) is 23.3 Å². The van der Waals surface area contributed by atoms with Crippen LogP contribution in [-0.4, -0.2) is 38.4 Å². The summed E-state index contributed by atoms with van der Waals surface area (Å²) in [4.78, 5) is 19.6. The number of fused-ring (bicyclic) bond motifs is 1. The molecule has 0 radical (unpaired) electrons. The minimum atomic E-state index is -0.0160. The molecule has 138 valence electrons. The van der Waals surface area contributed by atoms with E-state index >= 15 is 0 Å². The number of H-pyrrole nitrogens is 1. The lowest BCUT2D eigenvalue weighted by Gasteiger charge is -2.05. The van der Waals surface area contributed by atoms with Crippen LogP contribution in [0.15, 0.2) is 33.9 Å². The van der Waals surface area contributed by atoms with E-state index in [2.05, 4.69) is 39.3 Å². The molecule has 26 heavy (non-hydrogen) atoms. The third-order valence-corrected chi connectivity index (χ3v) is 4.65. The average molecular weight is 373 g/mol. The van der Waals surface area contributed by atoms with Gasteiger partial charge in [0.1, 0.15) is 5.82 Å². The van der Waals surface area contributed by atoms with E-state index in [9.17, 15) is 4.79 Å². The lowest BCUT2D eigenvalue weighted by molar-refractivity contribution is -0.118. The Bertz CT molecular complexity index is 825. The van der Waals surface area contributed by atoms with E-state index in [-0.39, 0.29) is 11.7 Å². The maximum Gasteiger partial charge on any atom is 0.277 e. The van der Waals surface area contributed by atoms with Crippen molar-refractivity contribution in [3.8, 4) is 0 Å². The number of aryl methyl sites for hydroxylation is 2. The molecule has 3 rings (SSSR count). The van der Waals surface area contributed by atoms with E-state index in [1.54, 1.807) is 0 Å². The van der Waals surface area contributed by atoms with Gasteiger partial charge >= 0.3 is 0 Å². The maximum absolute atomic E-state index is 11.8. The van der Waals surface area contributed by atoms with Crippen molar-refractivity contribution < 1.29 is 9.21 Å². The number of imidazole rings is 1. The zero-order chi connectivity index (χ0) is 18.4. The molecule has 0 saturated carbocycles. The number of aromatic nitrogens is 4. The fraction of sp³-hybridized carbons (Fsp3) is 0.444. The third-order valence-electron chi connectivity index (χ3n) is 3.83. The number of carbonyl (C=O) groups is 1. The van der Waals surface area contributed by atoms with Crippen LogP contribution in [0.3, 0.4) is 0 Å². The molecular weight excluding hydrogens is 350 g/mol. The van der Waals surface area contributed by atoms with Crippen LogP contribution in [0.25, 0.3) is 11.0 Å². The highest BCUT2D eigenvalue weighted by molar-refractivity contribution is 7.99. The van der Waals surface area contributed by atoms with Crippen molar-refractivity contribution in [3.63, 3.8) is 0 Å². The van der Waals surface area contributed by atoms with Gasteiger partial charge < -0.3 is 14.7 Å². The molecule has 0 bridgehead atoms. The maximum atomic E-state index is 11.8. The zero-order valence-electron chi connectivity index (χ0n) is 15.0. The molecule has 0 spiro atoms. The van der Waals surface area contributed by atoms with E-state index < -0.39 is 0 Å². The van der Waals surface area contributed by atoms with Gasteiger partial charge in [-0.05, 0) is 24.5 Å². The number of rotatable bonds is 9. The van der Waals surface area contributed by atoms with E-state index in [4.69, 9.17) is 4.42 Å². The normalized spacial score (nSPS) is 11.3. The highest BCUT2D eigenvalue weighted by Crippen LogP contribution is 2.17. The Morgan fingerprint density at radius 2 is 2.12 bits per heavy atom. The fourth-order valence-electron chi connectivity index (χ4n) is 2.43. The Morgan fingerprint density at radius 1 is 1.27 bits per heavy atom. The second-order valence-electron chi connectivity index (χ2n) is 6.48. The molecule has 0 aliphatic heterocycles. The quantitative estimate of drug-likeness (QED) is 0.560. The molecule has 1 aromatic carbocycles. The molecule has 2 N–H and O–H groups in total. The molecule has 0 aliphatic rings. The van der Waals surface area contributed by atoms with Crippen molar-refractivity contribution in [1.82, 2.24) is 25.5 Å². The number of amides is 1. The first-order valence-electron chi connectivity index (χ1n) is 8.75. The summed E-state index contributed by atoms with van der Waals surface area (Å²) in [6.45, 7) is 4.96. The number of para-hydroxylation sites is 2. The summed E-state index contributed by atoms with van der Waals surface area (Å²) >= 11 is 1.26. The van der Waals surface area contributed by atoms with Gasteiger partial charge in [0, 0.05) is 19.4 Å². The predicted molar refractivity (Wildman–Crippen MR) is 101 cm³/mol. The fourth-order valence-corrected chi connectivity index (χ4v) is 3.04. The van der Waals surface area contributed by atoms with Gasteiger partial charge in [0.2, 0.25) is 11.8 Å². The van der Waals surface area contributed by atoms with E-state index in [0.29, 0.717) is 36.4 Å².